The molecule has 14 heteroatoms. The van der Waals surface area contributed by atoms with Gasteiger partial charge in [0.05, 0.1) is 25.1 Å². The Bertz CT molecular complexity index is 1270. The summed E-state index contributed by atoms with van der Waals surface area (Å²) in [7, 11) is -4.27. The number of unbranched alkanes of at least 4 members (excludes halogenated alkanes) is 1. The molecule has 1 heterocycles. The van der Waals surface area contributed by atoms with Gasteiger partial charge in [-0.05, 0) is 37.0 Å². The van der Waals surface area contributed by atoms with Crippen molar-refractivity contribution in [1.82, 2.24) is 14.3 Å². The number of methoxy groups -OCH3 is 1. The Balaban J connectivity index is 1.73. The molecule has 1 amide bonds. The van der Waals surface area contributed by atoms with Gasteiger partial charge >= 0.3 is 21.5 Å². The summed E-state index contributed by atoms with van der Waals surface area (Å²) < 4.78 is 70.1. The fourth-order valence-electron chi connectivity index (χ4n) is 4.56. The summed E-state index contributed by atoms with van der Waals surface area (Å²) in [5.41, 5.74) is -3.67. The van der Waals surface area contributed by atoms with Crippen LogP contribution in [0.4, 0.5) is 18.9 Å². The summed E-state index contributed by atoms with van der Waals surface area (Å²) in [6.07, 6.45) is 3.98. The summed E-state index contributed by atoms with van der Waals surface area (Å²) in [6.45, 7) is 2.42. The van der Waals surface area contributed by atoms with E-state index >= 15 is 0 Å². The highest BCUT2D eigenvalue weighted by Gasteiger charge is 2.48. The molecule has 1 aliphatic carbocycles. The number of sulfonamides is 1. The third kappa shape index (κ3) is 7.95. The summed E-state index contributed by atoms with van der Waals surface area (Å²) in [5, 5.41) is 2.92. The maximum absolute atomic E-state index is 12.9. The minimum atomic E-state index is -5.57. The highest BCUT2D eigenvalue weighted by atomic mass is 35.5. The maximum atomic E-state index is 12.9. The van der Waals surface area contributed by atoms with Crippen LogP contribution in [0.3, 0.4) is 0 Å². The number of esters is 1. The van der Waals surface area contributed by atoms with E-state index in [0.29, 0.717) is 37.2 Å². The van der Waals surface area contributed by atoms with Gasteiger partial charge in [0.2, 0.25) is 5.91 Å². The smallest absolute Gasteiger partial charge is 0.469 e. The Morgan fingerprint density at radius 1 is 1.18 bits per heavy atom. The monoisotopic (exact) mass is 592 g/mol. The van der Waals surface area contributed by atoms with E-state index in [1.807, 2.05) is 4.57 Å². The predicted molar refractivity (Wildman–Crippen MR) is 140 cm³/mol. The van der Waals surface area contributed by atoms with Crippen LogP contribution < -0.4 is 10.0 Å². The van der Waals surface area contributed by atoms with E-state index in [0.717, 1.165) is 24.2 Å². The maximum Gasteiger partial charge on any atom is 0.511 e. The third-order valence-corrected chi connectivity index (χ3v) is 8.20. The number of carbonyl (C=O) groups excluding carboxylic acids is 2. The van der Waals surface area contributed by atoms with Gasteiger partial charge in [-0.25, -0.2) is 18.1 Å². The number of anilines is 1. The number of aromatic nitrogens is 2. The Morgan fingerprint density at radius 3 is 2.46 bits per heavy atom. The molecular weight excluding hydrogens is 561 g/mol. The van der Waals surface area contributed by atoms with Gasteiger partial charge < -0.3 is 14.6 Å². The van der Waals surface area contributed by atoms with E-state index in [1.54, 1.807) is 29.0 Å². The van der Waals surface area contributed by atoms with Crippen LogP contribution in [-0.2, 0) is 43.7 Å². The molecule has 2 atom stereocenters. The van der Waals surface area contributed by atoms with Gasteiger partial charge in [-0.15, -0.1) is 0 Å². The summed E-state index contributed by atoms with van der Waals surface area (Å²) >= 11 is 6.34. The van der Waals surface area contributed by atoms with Crippen molar-refractivity contribution in [2.24, 2.45) is 5.92 Å². The molecule has 1 saturated carbocycles. The molecule has 0 spiro atoms. The molecule has 2 aromatic rings. The van der Waals surface area contributed by atoms with Gasteiger partial charge in [-0.2, -0.15) is 13.2 Å². The van der Waals surface area contributed by atoms with Crippen molar-refractivity contribution in [2.75, 3.05) is 12.4 Å². The highest BCUT2D eigenvalue weighted by Crippen LogP contribution is 2.30. The van der Waals surface area contributed by atoms with Crippen LogP contribution in [-0.4, -0.2) is 48.5 Å². The number of benzene rings is 1. The Morgan fingerprint density at radius 2 is 1.85 bits per heavy atom. The number of hydrogen-bond donors (Lipinski definition) is 2. The van der Waals surface area contributed by atoms with Gasteiger partial charge in [-0.1, -0.05) is 49.9 Å². The number of nitrogens with zero attached hydrogens (tertiary/aromatic N) is 2. The molecule has 1 fully saturated rings. The molecule has 1 aliphatic rings. The summed E-state index contributed by atoms with van der Waals surface area (Å²) in [6, 6.07) is 5.68. The van der Waals surface area contributed by atoms with Crippen molar-refractivity contribution in [1.29, 1.82) is 0 Å². The number of aryl methyl sites for hydroxylation is 1. The molecule has 0 radical (unpaired) electrons. The molecule has 9 nitrogen and oxygen atoms in total. The number of rotatable bonds is 11. The standard InChI is InChI=1S/C25H32ClF3N4O5S/c1-3-4-9-21-31-23(26)20(14-22(34)38-2)33(21)15-16-10-12-17(13-11-16)30-24(35)18-7-5-6-8-19(18)32-39(36,37)25(27,28)29/h10-13,18-19,32H,3-9,14-15H2,1-2H3,(H,30,35)/t18-,19?/m1/s1. The molecule has 2 N–H and O–H groups in total. The van der Waals surface area contributed by atoms with Crippen LogP contribution in [0.1, 0.15) is 62.5 Å². The topological polar surface area (TPSA) is 119 Å². The van der Waals surface area contributed by atoms with E-state index in [-0.39, 0.29) is 24.4 Å². The number of amides is 1. The Hall–Kier alpha value is -2.64. The fraction of sp³-hybridized carbons (Fsp3) is 0.560. The zero-order chi connectivity index (χ0) is 28.8. The molecule has 3 rings (SSSR count). The molecule has 39 heavy (non-hydrogen) atoms. The van der Waals surface area contributed by atoms with Crippen LogP contribution in [0.2, 0.25) is 5.15 Å². The average Bonchev–Trinajstić information content (AvgIpc) is 3.16. The first-order chi connectivity index (χ1) is 18.4. The number of carbonyl (C=O) groups is 2. The second-order valence-corrected chi connectivity index (χ2v) is 11.5. The van der Waals surface area contributed by atoms with Crippen molar-refractivity contribution < 1.29 is 35.9 Å². The van der Waals surface area contributed by atoms with Crippen LogP contribution in [0.5, 0.6) is 0 Å². The fourth-order valence-corrected chi connectivity index (χ4v) is 5.64. The molecule has 1 aromatic heterocycles. The SMILES string of the molecule is CCCCc1nc(Cl)c(CC(=O)OC)n1Cc1ccc(NC(=O)[C@@H]2CCCCC2NS(=O)(=O)C(F)(F)F)cc1. The number of ether oxygens (including phenoxy) is 1. The first-order valence-electron chi connectivity index (χ1n) is 12.6. The van der Waals surface area contributed by atoms with Crippen LogP contribution in [0, 0.1) is 5.92 Å². The van der Waals surface area contributed by atoms with E-state index < -0.39 is 39.4 Å². The van der Waals surface area contributed by atoms with Gasteiger partial charge in [0.25, 0.3) is 0 Å². The van der Waals surface area contributed by atoms with E-state index in [4.69, 9.17) is 16.3 Å². The van der Waals surface area contributed by atoms with Gasteiger partial charge in [0, 0.05) is 24.7 Å². The third-order valence-electron chi connectivity index (χ3n) is 6.67. The van der Waals surface area contributed by atoms with Crippen molar-refractivity contribution in [3.63, 3.8) is 0 Å². The van der Waals surface area contributed by atoms with E-state index in [1.165, 1.54) is 7.11 Å². The molecule has 0 bridgehead atoms. The summed E-state index contributed by atoms with van der Waals surface area (Å²) in [5.74, 6) is -1.20. The van der Waals surface area contributed by atoms with Crippen LogP contribution >= 0.6 is 11.6 Å². The molecule has 1 aromatic carbocycles. The minimum Gasteiger partial charge on any atom is -0.469 e. The number of halogens is 4. The van der Waals surface area contributed by atoms with Crippen LogP contribution in [0.25, 0.3) is 0 Å². The zero-order valence-corrected chi connectivity index (χ0v) is 23.3. The van der Waals surface area contributed by atoms with Crippen molar-refractivity contribution in [2.45, 2.75) is 76.4 Å². The highest BCUT2D eigenvalue weighted by molar-refractivity contribution is 7.90. The van der Waals surface area contributed by atoms with Crippen molar-refractivity contribution >= 4 is 39.2 Å². The molecule has 0 saturated heterocycles. The second kappa shape index (κ2) is 13.1. The number of hydrogen-bond acceptors (Lipinski definition) is 6. The molecule has 216 valence electrons. The second-order valence-electron chi connectivity index (χ2n) is 9.46. The normalized spacial score (nSPS) is 18.1. The quantitative estimate of drug-likeness (QED) is 0.369. The average molecular weight is 593 g/mol. The number of imidazole rings is 1. The molecule has 0 aliphatic heterocycles. The van der Waals surface area contributed by atoms with Crippen molar-refractivity contribution in [3.05, 3.63) is 46.5 Å². The van der Waals surface area contributed by atoms with Crippen LogP contribution in [0.15, 0.2) is 24.3 Å². The lowest BCUT2D eigenvalue weighted by molar-refractivity contribution is -0.139. The Labute approximate surface area is 230 Å². The van der Waals surface area contributed by atoms with Gasteiger partial charge in [0.15, 0.2) is 5.15 Å². The lowest BCUT2D eigenvalue weighted by Crippen LogP contribution is -2.50. The first-order valence-corrected chi connectivity index (χ1v) is 14.5. The lowest BCUT2D eigenvalue weighted by atomic mass is 9.84. The molecular formula is C25H32ClF3N4O5S. The van der Waals surface area contributed by atoms with Gasteiger partial charge in [-0.3, -0.25) is 9.59 Å². The van der Waals surface area contributed by atoms with E-state index in [9.17, 15) is 31.2 Å². The lowest BCUT2D eigenvalue weighted by Gasteiger charge is -2.31. The van der Waals surface area contributed by atoms with Crippen molar-refractivity contribution in [3.8, 4) is 0 Å². The Kier molecular flexibility index (Phi) is 10.4. The van der Waals surface area contributed by atoms with E-state index in [2.05, 4.69) is 17.2 Å². The first kappa shape index (κ1) is 30.9. The number of nitrogens with one attached hydrogen (secondary N) is 2. The largest absolute Gasteiger partial charge is 0.511 e. The minimum absolute atomic E-state index is 0.0384. The van der Waals surface area contributed by atoms with Gasteiger partial charge in [0.1, 0.15) is 5.82 Å². The zero-order valence-electron chi connectivity index (χ0n) is 21.7. The molecule has 1 unspecified atom stereocenters. The predicted octanol–water partition coefficient (Wildman–Crippen LogP) is 4.58. The summed E-state index contributed by atoms with van der Waals surface area (Å²) in [4.78, 5) is 29.3. The number of alkyl halides is 3.